The van der Waals surface area contributed by atoms with Crippen molar-refractivity contribution < 1.29 is 54.3 Å². The van der Waals surface area contributed by atoms with Gasteiger partial charge in [0.2, 0.25) is 0 Å². The Balaban J connectivity index is 0.00000481. The first kappa shape index (κ1) is 26.9. The van der Waals surface area contributed by atoms with Crippen LogP contribution in [0.5, 0.6) is 0 Å². The molecular formula is C36H19F6N5Pt. The smallest absolute Gasteiger partial charge is 0.346 e. The number of halogens is 6. The average molecular weight is 836 g/mol. The molecule has 5 aromatic carbocycles. The normalized spacial score (nSPS) is 13.2. The molecule has 48 heavy (non-hydrogen) atoms. The Hall–Kier alpha value is -5.15. The van der Waals surface area contributed by atoms with Gasteiger partial charge in [-0.1, -0.05) is 42.4 Å². The molecule has 0 N–H and O–H groups in total. The summed E-state index contributed by atoms with van der Waals surface area (Å²) in [6.45, 7) is 0. The first-order valence-electron chi connectivity index (χ1n) is 16.2. The van der Waals surface area contributed by atoms with Crippen molar-refractivity contribution in [3.05, 3.63) is 139 Å². The van der Waals surface area contributed by atoms with Crippen molar-refractivity contribution >= 4 is 38.9 Å². The van der Waals surface area contributed by atoms with Crippen LogP contribution in [-0.2, 0) is 33.4 Å². The van der Waals surface area contributed by atoms with Crippen molar-refractivity contribution in [2.24, 2.45) is 0 Å². The first-order valence-corrected chi connectivity index (χ1v) is 13.7. The molecule has 0 aliphatic heterocycles. The second-order valence-electron chi connectivity index (χ2n) is 10.1. The fourth-order valence-electron chi connectivity index (χ4n) is 5.24. The standard InChI is InChI=1S/C36H19F6N5.Pt/c37-35(38,39)29-16-6-14-27-31(43-20-45-33(27)29)22-8-4-12-25(18-22)47(24-10-2-1-3-11-24)26-13-5-9-23(19-26)32-28-15-7-17-30(36(40,41)42)34(28)46-21-44-32;/h1-17,20-21H;/q-2;+2/i1D,2D,3D,10D,11D;. The van der Waals surface area contributed by atoms with Gasteiger partial charge in [0.1, 0.15) is 12.7 Å². The number of fused-ring (bicyclic) bond motifs is 2. The maximum atomic E-state index is 13.9. The fraction of sp³-hybridized carbons (Fsp3) is 0.0556. The van der Waals surface area contributed by atoms with Crippen LogP contribution in [0.2, 0.25) is 0 Å². The van der Waals surface area contributed by atoms with E-state index in [1.165, 1.54) is 65.6 Å². The Morgan fingerprint density at radius 2 is 1.00 bits per heavy atom. The van der Waals surface area contributed by atoms with E-state index in [4.69, 9.17) is 6.85 Å². The van der Waals surface area contributed by atoms with Crippen LogP contribution in [-0.4, -0.2) is 19.9 Å². The maximum Gasteiger partial charge on any atom is 2.00 e. The average Bonchev–Trinajstić information content (AvgIpc) is 3.13. The quantitative estimate of drug-likeness (QED) is 0.128. The third-order valence-electron chi connectivity index (χ3n) is 7.20. The van der Waals surface area contributed by atoms with Crippen LogP contribution in [0, 0.1) is 12.1 Å². The van der Waals surface area contributed by atoms with Gasteiger partial charge in [0.25, 0.3) is 0 Å². The van der Waals surface area contributed by atoms with Gasteiger partial charge >= 0.3 is 33.4 Å². The molecule has 0 bridgehead atoms. The summed E-state index contributed by atoms with van der Waals surface area (Å²) in [5, 5.41) is 0.116. The number of alkyl halides is 6. The molecule has 7 aromatic rings. The zero-order chi connectivity index (χ0) is 37.1. The SMILES string of the molecule is [2H]c1c([2H])c([2H])c(N(c2[c-]c(-c3ncnc4c(C(F)(F)F)cccc34)ccc2)c2[c-]c(-c3ncnc4c(C(F)(F)F)cccc34)ccc2)c([2H])c1[2H].[Pt+2]. The minimum Gasteiger partial charge on any atom is -0.346 e. The number of benzene rings is 5. The number of hydrogen-bond donors (Lipinski definition) is 0. The van der Waals surface area contributed by atoms with Crippen molar-refractivity contribution in [3.8, 4) is 22.5 Å². The maximum absolute atomic E-state index is 13.9. The van der Waals surface area contributed by atoms with Gasteiger partial charge in [-0.3, -0.25) is 9.97 Å². The Morgan fingerprint density at radius 3 is 1.44 bits per heavy atom. The number of nitrogens with zero attached hydrogens (tertiary/aromatic N) is 5. The van der Waals surface area contributed by atoms with E-state index in [0.717, 1.165) is 24.8 Å². The summed E-state index contributed by atoms with van der Waals surface area (Å²) in [4.78, 5) is 17.5. The molecule has 0 unspecified atom stereocenters. The first-order chi connectivity index (χ1) is 24.7. The van der Waals surface area contributed by atoms with Crippen LogP contribution >= 0.6 is 0 Å². The number of para-hydroxylation sites is 3. The van der Waals surface area contributed by atoms with Gasteiger partial charge in [0.05, 0.1) is 29.0 Å². The summed E-state index contributed by atoms with van der Waals surface area (Å²) in [5.41, 5.74) is -2.35. The van der Waals surface area contributed by atoms with Crippen molar-refractivity contribution in [1.82, 2.24) is 19.9 Å². The van der Waals surface area contributed by atoms with Crippen LogP contribution in [0.1, 0.15) is 18.0 Å². The molecule has 0 saturated heterocycles. The van der Waals surface area contributed by atoms with E-state index < -0.39 is 53.7 Å². The summed E-state index contributed by atoms with van der Waals surface area (Å²) in [6, 6.07) is 19.1. The van der Waals surface area contributed by atoms with E-state index in [1.54, 1.807) is 0 Å². The topological polar surface area (TPSA) is 54.8 Å². The zero-order valence-electron chi connectivity index (χ0n) is 28.9. The van der Waals surface area contributed by atoms with E-state index in [-0.39, 0.29) is 82.4 Å². The molecule has 0 saturated carbocycles. The van der Waals surface area contributed by atoms with Gasteiger partial charge in [0, 0.05) is 5.69 Å². The zero-order valence-corrected chi connectivity index (χ0v) is 26.2. The van der Waals surface area contributed by atoms with E-state index in [2.05, 4.69) is 32.1 Å². The molecule has 7 rings (SSSR count). The third-order valence-corrected chi connectivity index (χ3v) is 7.20. The summed E-state index contributed by atoms with van der Waals surface area (Å²) in [5.74, 6) is 0. The summed E-state index contributed by atoms with van der Waals surface area (Å²) in [6.07, 6.45) is -7.46. The van der Waals surface area contributed by atoms with Crippen molar-refractivity contribution in [2.75, 3.05) is 4.90 Å². The van der Waals surface area contributed by atoms with Gasteiger partial charge in [-0.05, 0) is 57.8 Å². The van der Waals surface area contributed by atoms with Gasteiger partial charge in [-0.2, -0.15) is 26.3 Å². The molecule has 2 aromatic heterocycles. The van der Waals surface area contributed by atoms with E-state index in [1.807, 2.05) is 0 Å². The number of aromatic nitrogens is 4. The molecule has 5 nitrogen and oxygen atoms in total. The third kappa shape index (κ3) is 6.13. The monoisotopic (exact) mass is 835 g/mol. The van der Waals surface area contributed by atoms with Crippen molar-refractivity contribution in [1.29, 1.82) is 0 Å². The minimum absolute atomic E-state index is 0. The van der Waals surface area contributed by atoms with Crippen molar-refractivity contribution in [3.63, 3.8) is 0 Å². The van der Waals surface area contributed by atoms with E-state index in [0.29, 0.717) is 0 Å². The molecule has 0 aliphatic rings. The predicted molar refractivity (Wildman–Crippen MR) is 166 cm³/mol. The Morgan fingerprint density at radius 1 is 0.562 bits per heavy atom. The van der Waals surface area contributed by atoms with Crippen molar-refractivity contribution in [2.45, 2.75) is 12.4 Å². The van der Waals surface area contributed by atoms with Crippen LogP contribution in [0.4, 0.5) is 43.4 Å². The molecule has 0 spiro atoms. The number of anilines is 3. The molecule has 0 atom stereocenters. The van der Waals surface area contributed by atoms with Gasteiger partial charge in [-0.25, -0.2) is 9.97 Å². The van der Waals surface area contributed by atoms with Crippen LogP contribution in [0.25, 0.3) is 44.3 Å². The van der Waals surface area contributed by atoms with Crippen LogP contribution in [0.3, 0.4) is 0 Å². The van der Waals surface area contributed by atoms with Gasteiger partial charge < -0.3 is 4.90 Å². The summed E-state index contributed by atoms with van der Waals surface area (Å²) < 4.78 is 126. The fourth-order valence-corrected chi connectivity index (χ4v) is 5.24. The molecule has 0 amide bonds. The molecule has 2 heterocycles. The number of rotatable bonds is 5. The predicted octanol–water partition coefficient (Wildman–Crippen LogP) is 10.0. The summed E-state index contributed by atoms with van der Waals surface area (Å²) in [7, 11) is 0. The second-order valence-corrected chi connectivity index (χ2v) is 10.1. The number of hydrogen-bond acceptors (Lipinski definition) is 5. The molecule has 0 fully saturated rings. The molecule has 0 radical (unpaired) electrons. The molecule has 240 valence electrons. The van der Waals surface area contributed by atoms with Gasteiger partial charge in [0.15, 0.2) is 0 Å². The Bertz CT molecular complexity index is 2380. The van der Waals surface area contributed by atoms with Gasteiger partial charge in [-0.15, -0.1) is 59.7 Å². The Labute approximate surface area is 291 Å². The molecular weight excluding hydrogens is 811 g/mol. The van der Waals surface area contributed by atoms with E-state index >= 15 is 0 Å². The minimum atomic E-state index is -4.71. The van der Waals surface area contributed by atoms with E-state index in [9.17, 15) is 26.3 Å². The Kier molecular flexibility index (Phi) is 7.17. The largest absolute Gasteiger partial charge is 2.00 e. The second kappa shape index (κ2) is 12.8. The summed E-state index contributed by atoms with van der Waals surface area (Å²) >= 11 is 0. The molecule has 0 aliphatic carbocycles. The van der Waals surface area contributed by atoms with Crippen LogP contribution in [0.15, 0.2) is 116 Å². The molecule has 12 heteroatoms. The van der Waals surface area contributed by atoms with Crippen LogP contribution < -0.4 is 4.90 Å².